The maximum absolute atomic E-state index is 12.8. The first-order valence-electron chi connectivity index (χ1n) is 8.04. The molecule has 2 aromatic heterocycles. The molecule has 128 valence electrons. The van der Waals surface area contributed by atoms with Crippen LogP contribution in [0.3, 0.4) is 0 Å². The Bertz CT molecular complexity index is 822. The van der Waals surface area contributed by atoms with E-state index in [2.05, 4.69) is 14.9 Å². The summed E-state index contributed by atoms with van der Waals surface area (Å²) in [7, 11) is -3.24. The van der Waals surface area contributed by atoms with Gasteiger partial charge in [0.15, 0.2) is 0 Å². The number of nitrogens with zero attached hydrogens (tertiary/aromatic N) is 4. The van der Waals surface area contributed by atoms with Crippen LogP contribution in [-0.2, 0) is 23.1 Å². The van der Waals surface area contributed by atoms with Crippen molar-refractivity contribution in [3.8, 4) is 0 Å². The summed E-state index contributed by atoms with van der Waals surface area (Å²) < 4.78 is 27.3. The molecule has 0 spiro atoms. The van der Waals surface area contributed by atoms with E-state index >= 15 is 0 Å². The Morgan fingerprint density at radius 1 is 1.21 bits per heavy atom. The number of fused-ring (bicyclic) bond motifs is 1. The Hall–Kier alpha value is -1.35. The largest absolute Gasteiger partial charge is 0.296 e. The van der Waals surface area contributed by atoms with Crippen molar-refractivity contribution in [2.75, 3.05) is 19.6 Å². The van der Waals surface area contributed by atoms with Crippen molar-refractivity contribution >= 4 is 21.4 Å². The van der Waals surface area contributed by atoms with Crippen molar-refractivity contribution in [1.29, 1.82) is 0 Å². The number of likely N-dealkylation sites (tertiary alicyclic amines) is 1. The number of aryl methyl sites for hydroxylation is 1. The van der Waals surface area contributed by atoms with Crippen LogP contribution in [-0.4, -0.2) is 52.5 Å². The third-order valence-corrected chi connectivity index (χ3v) is 7.87. The van der Waals surface area contributed by atoms with E-state index in [1.54, 1.807) is 21.8 Å². The Kier molecular flexibility index (Phi) is 4.16. The van der Waals surface area contributed by atoms with Crippen LogP contribution in [0.5, 0.6) is 0 Å². The van der Waals surface area contributed by atoms with Gasteiger partial charge < -0.3 is 0 Å². The summed E-state index contributed by atoms with van der Waals surface area (Å²) in [6.07, 6.45) is 1.78. The molecular formula is C16H20N4O2S2. The van der Waals surface area contributed by atoms with Gasteiger partial charge in [-0.2, -0.15) is 4.31 Å². The van der Waals surface area contributed by atoms with Crippen molar-refractivity contribution in [2.45, 2.75) is 25.3 Å². The van der Waals surface area contributed by atoms with E-state index in [1.165, 1.54) is 0 Å². The van der Waals surface area contributed by atoms with Gasteiger partial charge in [-0.3, -0.25) is 9.88 Å². The molecule has 0 saturated carbocycles. The summed E-state index contributed by atoms with van der Waals surface area (Å²) in [4.78, 5) is 10.9. The molecule has 2 aliphatic heterocycles. The number of hydrogen-bond donors (Lipinski definition) is 0. The fourth-order valence-corrected chi connectivity index (χ4v) is 6.42. The summed E-state index contributed by atoms with van der Waals surface area (Å²) in [6, 6.07) is 5.85. The second kappa shape index (κ2) is 6.18. The van der Waals surface area contributed by atoms with Crippen LogP contribution in [0.1, 0.15) is 16.4 Å². The lowest BCUT2D eigenvalue weighted by molar-refractivity contribution is 0.291. The van der Waals surface area contributed by atoms with Gasteiger partial charge in [0.1, 0.15) is 0 Å². The minimum atomic E-state index is -3.24. The molecule has 0 amide bonds. The Morgan fingerprint density at radius 3 is 2.75 bits per heavy atom. The lowest BCUT2D eigenvalue weighted by Crippen LogP contribution is -2.34. The van der Waals surface area contributed by atoms with Crippen LogP contribution in [0.4, 0.5) is 0 Å². The third-order valence-electron chi connectivity index (χ3n) is 4.75. The van der Waals surface area contributed by atoms with E-state index in [4.69, 9.17) is 0 Å². The number of sulfonamides is 1. The summed E-state index contributed by atoms with van der Waals surface area (Å²) >= 11 is 1.56. The molecule has 24 heavy (non-hydrogen) atoms. The zero-order valence-corrected chi connectivity index (χ0v) is 15.1. The Morgan fingerprint density at radius 2 is 2.08 bits per heavy atom. The molecule has 4 rings (SSSR count). The molecule has 2 aromatic rings. The van der Waals surface area contributed by atoms with Crippen LogP contribution >= 0.6 is 11.3 Å². The number of thiazole rings is 1. The van der Waals surface area contributed by atoms with Crippen molar-refractivity contribution in [3.05, 3.63) is 46.2 Å². The fraction of sp³-hybridized carbons (Fsp3) is 0.500. The number of hydrogen-bond acceptors (Lipinski definition) is 6. The topological polar surface area (TPSA) is 66.4 Å². The molecule has 0 N–H and O–H groups in total. The molecule has 0 radical (unpaired) electrons. The average molecular weight is 364 g/mol. The van der Waals surface area contributed by atoms with Gasteiger partial charge in [0, 0.05) is 43.7 Å². The molecule has 6 nitrogen and oxygen atoms in total. The predicted molar refractivity (Wildman–Crippen MR) is 93.0 cm³/mol. The van der Waals surface area contributed by atoms with E-state index in [0.29, 0.717) is 26.2 Å². The first kappa shape index (κ1) is 16.1. The second-order valence-electron chi connectivity index (χ2n) is 6.51. The molecule has 2 aliphatic rings. The van der Waals surface area contributed by atoms with Gasteiger partial charge in [0.25, 0.3) is 0 Å². The van der Waals surface area contributed by atoms with Gasteiger partial charge in [-0.15, -0.1) is 11.3 Å². The van der Waals surface area contributed by atoms with Gasteiger partial charge in [-0.05, 0) is 19.1 Å². The number of pyridine rings is 1. The van der Waals surface area contributed by atoms with Crippen LogP contribution in [0.25, 0.3) is 0 Å². The van der Waals surface area contributed by atoms with Crippen LogP contribution in [0.15, 0.2) is 29.8 Å². The van der Waals surface area contributed by atoms with E-state index in [9.17, 15) is 8.42 Å². The Balaban J connectivity index is 1.44. The first-order chi connectivity index (χ1) is 11.5. The molecule has 2 atom stereocenters. The van der Waals surface area contributed by atoms with Crippen molar-refractivity contribution < 1.29 is 8.42 Å². The SMILES string of the molecule is Cc1nc(CN2C[C@H]3CN(Cc4ccccn4)C[C@H]3S2(=O)=O)cs1. The van der Waals surface area contributed by atoms with Gasteiger partial charge in [-0.25, -0.2) is 13.4 Å². The number of aromatic nitrogens is 2. The molecule has 0 aromatic carbocycles. The fourth-order valence-electron chi connectivity index (χ4n) is 3.66. The van der Waals surface area contributed by atoms with Crippen LogP contribution in [0, 0.1) is 12.8 Å². The van der Waals surface area contributed by atoms with E-state index in [0.717, 1.165) is 22.9 Å². The smallest absolute Gasteiger partial charge is 0.218 e. The monoisotopic (exact) mass is 364 g/mol. The minimum Gasteiger partial charge on any atom is -0.296 e. The number of rotatable bonds is 4. The zero-order chi connectivity index (χ0) is 16.7. The van der Waals surface area contributed by atoms with Gasteiger partial charge in [-0.1, -0.05) is 6.07 Å². The second-order valence-corrected chi connectivity index (χ2v) is 9.72. The highest BCUT2D eigenvalue weighted by atomic mass is 32.2. The van der Waals surface area contributed by atoms with Crippen molar-refractivity contribution in [3.63, 3.8) is 0 Å². The van der Waals surface area contributed by atoms with E-state index in [1.807, 2.05) is 30.5 Å². The summed E-state index contributed by atoms with van der Waals surface area (Å²) in [5.74, 6) is 0.179. The molecular weight excluding hydrogens is 344 g/mol. The summed E-state index contributed by atoms with van der Waals surface area (Å²) in [5, 5.41) is 2.64. The summed E-state index contributed by atoms with van der Waals surface area (Å²) in [6.45, 7) is 5.07. The lowest BCUT2D eigenvalue weighted by atomic mass is 10.1. The Labute approximate surface area is 146 Å². The highest BCUT2D eigenvalue weighted by Gasteiger charge is 2.50. The molecule has 0 bridgehead atoms. The van der Waals surface area contributed by atoms with E-state index in [-0.39, 0.29) is 11.2 Å². The normalized spacial score (nSPS) is 26.7. The van der Waals surface area contributed by atoms with Crippen molar-refractivity contribution in [2.24, 2.45) is 5.92 Å². The minimum absolute atomic E-state index is 0.179. The first-order valence-corrected chi connectivity index (χ1v) is 10.4. The van der Waals surface area contributed by atoms with E-state index < -0.39 is 10.0 Å². The van der Waals surface area contributed by atoms with Gasteiger partial charge in [0.05, 0.1) is 28.2 Å². The molecule has 0 unspecified atom stereocenters. The maximum atomic E-state index is 12.8. The van der Waals surface area contributed by atoms with Gasteiger partial charge in [0.2, 0.25) is 10.0 Å². The molecule has 0 aliphatic carbocycles. The highest BCUT2D eigenvalue weighted by Crippen LogP contribution is 2.35. The van der Waals surface area contributed by atoms with Gasteiger partial charge >= 0.3 is 0 Å². The molecule has 2 saturated heterocycles. The average Bonchev–Trinajstić information content (AvgIpc) is 3.19. The maximum Gasteiger partial charge on any atom is 0.218 e. The highest BCUT2D eigenvalue weighted by molar-refractivity contribution is 7.90. The van der Waals surface area contributed by atoms with Crippen LogP contribution in [0.2, 0.25) is 0 Å². The standard InChI is InChI=1S/C16H20N4O2S2/c1-12-18-15(11-23-12)9-20-7-13-6-19(10-16(13)24(20,21)22)8-14-4-2-3-5-17-14/h2-5,11,13,16H,6-10H2,1H3/t13-,16-/m1/s1. The summed E-state index contributed by atoms with van der Waals surface area (Å²) in [5.41, 5.74) is 1.84. The molecule has 8 heteroatoms. The molecule has 2 fully saturated rings. The lowest BCUT2D eigenvalue weighted by Gasteiger charge is -2.20. The quantitative estimate of drug-likeness (QED) is 0.822. The molecule has 4 heterocycles. The van der Waals surface area contributed by atoms with Crippen molar-refractivity contribution in [1.82, 2.24) is 19.2 Å². The third kappa shape index (κ3) is 2.99. The predicted octanol–water partition coefficient (Wildman–Crippen LogP) is 1.49. The van der Waals surface area contributed by atoms with Crippen LogP contribution < -0.4 is 0 Å². The zero-order valence-electron chi connectivity index (χ0n) is 13.5.